The Kier molecular flexibility index (Phi) is 7.74. The van der Waals surface area contributed by atoms with Crippen LogP contribution in [0.1, 0.15) is 0 Å². The van der Waals surface area contributed by atoms with Crippen LogP contribution in [0.4, 0.5) is 26.3 Å². The minimum atomic E-state index is -6.11. The maximum absolute atomic E-state index is 12.9. The van der Waals surface area contributed by atoms with Crippen molar-refractivity contribution in [3.8, 4) is 0 Å². The van der Waals surface area contributed by atoms with Crippen molar-refractivity contribution in [3.63, 3.8) is 0 Å². The van der Waals surface area contributed by atoms with E-state index in [1.54, 1.807) is 0 Å². The summed E-state index contributed by atoms with van der Waals surface area (Å²) in [5.74, 6) is -7.17. The van der Waals surface area contributed by atoms with Crippen LogP contribution in [-0.4, -0.2) is 51.2 Å². The van der Waals surface area contributed by atoms with Gasteiger partial charge in [-0.1, -0.05) is 12.7 Å². The fourth-order valence-corrected chi connectivity index (χ4v) is 1.14. The lowest BCUT2D eigenvalue weighted by Gasteiger charge is -2.35. The third kappa shape index (κ3) is 5.52. The number of ether oxygens (including phenoxy) is 4. The van der Waals surface area contributed by atoms with Crippen LogP contribution in [0.15, 0.2) is 24.8 Å². The molecule has 0 heterocycles. The molecule has 23 heavy (non-hydrogen) atoms. The van der Waals surface area contributed by atoms with Crippen molar-refractivity contribution >= 4 is 5.97 Å². The molecule has 0 aromatic carbocycles. The first kappa shape index (κ1) is 21.4. The molecule has 0 amide bonds. The highest BCUT2D eigenvalue weighted by Crippen LogP contribution is 2.47. The van der Waals surface area contributed by atoms with Gasteiger partial charge in [0.15, 0.2) is 6.79 Å². The molecule has 0 rings (SSSR count). The van der Waals surface area contributed by atoms with E-state index in [0.717, 1.165) is 7.11 Å². The van der Waals surface area contributed by atoms with Gasteiger partial charge in [-0.2, -0.15) is 26.3 Å². The molecular formula is C12H14F6O5. The number of carbonyl (C=O) groups is 1. The van der Waals surface area contributed by atoms with E-state index in [1.165, 1.54) is 6.08 Å². The summed E-state index contributed by atoms with van der Waals surface area (Å²) in [5.41, 5.74) is -0.772. The average molecular weight is 352 g/mol. The van der Waals surface area contributed by atoms with Gasteiger partial charge in [-0.25, -0.2) is 4.79 Å². The molecule has 134 valence electrons. The number of carbonyl (C=O) groups excluding carboxylic acids is 1. The van der Waals surface area contributed by atoms with Crippen LogP contribution in [0.25, 0.3) is 0 Å². The Morgan fingerprint density at radius 3 is 2.04 bits per heavy atom. The molecule has 0 radical (unpaired) electrons. The van der Waals surface area contributed by atoms with E-state index in [1.807, 2.05) is 0 Å². The Labute approximate surface area is 127 Å². The van der Waals surface area contributed by atoms with Gasteiger partial charge in [-0.15, -0.1) is 6.58 Å². The highest BCUT2D eigenvalue weighted by atomic mass is 19.4. The Morgan fingerprint density at radius 1 is 1.13 bits per heavy atom. The van der Waals surface area contributed by atoms with Gasteiger partial charge in [0.05, 0.1) is 18.8 Å². The van der Waals surface area contributed by atoms with E-state index < -0.39 is 43.1 Å². The lowest BCUT2D eigenvalue weighted by Crippen LogP contribution is -2.61. The fourth-order valence-electron chi connectivity index (χ4n) is 1.14. The molecule has 0 saturated heterocycles. The molecule has 0 aromatic heterocycles. The van der Waals surface area contributed by atoms with E-state index in [-0.39, 0.29) is 6.61 Å². The number of esters is 1. The topological polar surface area (TPSA) is 54.0 Å². The van der Waals surface area contributed by atoms with Crippen molar-refractivity contribution in [3.05, 3.63) is 24.8 Å². The van der Waals surface area contributed by atoms with Gasteiger partial charge < -0.3 is 14.2 Å². The first-order valence-corrected chi connectivity index (χ1v) is 5.79. The van der Waals surface area contributed by atoms with Crippen LogP contribution >= 0.6 is 0 Å². The predicted molar refractivity (Wildman–Crippen MR) is 64.1 cm³/mol. The van der Waals surface area contributed by atoms with Crippen LogP contribution in [0.5, 0.6) is 0 Å². The van der Waals surface area contributed by atoms with Crippen LogP contribution in [0.3, 0.4) is 0 Å². The highest BCUT2D eigenvalue weighted by Gasteiger charge is 2.76. The lowest BCUT2D eigenvalue weighted by molar-refractivity contribution is -0.464. The Bertz CT molecular complexity index is 415. The van der Waals surface area contributed by atoms with Gasteiger partial charge in [0.2, 0.25) is 0 Å². The molecule has 0 aromatic rings. The van der Waals surface area contributed by atoms with E-state index in [2.05, 4.69) is 32.1 Å². The largest absolute Gasteiger partial charge is 0.465 e. The van der Waals surface area contributed by atoms with Crippen LogP contribution in [-0.2, 0) is 23.7 Å². The molecule has 5 nitrogen and oxygen atoms in total. The molecule has 0 aliphatic heterocycles. The van der Waals surface area contributed by atoms with Crippen molar-refractivity contribution in [2.75, 3.05) is 27.1 Å². The van der Waals surface area contributed by atoms with Crippen molar-refractivity contribution in [1.29, 1.82) is 0 Å². The number of hydrogen-bond acceptors (Lipinski definition) is 5. The first-order chi connectivity index (χ1) is 10.4. The Morgan fingerprint density at radius 2 is 1.65 bits per heavy atom. The van der Waals surface area contributed by atoms with Gasteiger partial charge in [0.25, 0.3) is 0 Å². The molecule has 0 aliphatic carbocycles. The molecule has 0 aliphatic rings. The minimum Gasteiger partial charge on any atom is -0.412 e. The smallest absolute Gasteiger partial charge is 0.412 e. The van der Waals surface area contributed by atoms with E-state index in [0.29, 0.717) is 0 Å². The van der Waals surface area contributed by atoms with Crippen molar-refractivity contribution in [1.82, 2.24) is 0 Å². The average Bonchev–Trinajstić information content (AvgIpc) is 2.40. The second kappa shape index (κ2) is 8.31. The number of halogens is 6. The van der Waals surface area contributed by atoms with E-state index in [9.17, 15) is 31.1 Å². The minimum absolute atomic E-state index is 0.101. The summed E-state index contributed by atoms with van der Waals surface area (Å²) in [5, 5.41) is 0. The van der Waals surface area contributed by atoms with Crippen molar-refractivity contribution in [2.45, 2.75) is 18.1 Å². The Hall–Kier alpha value is -1.59. The summed E-state index contributed by atoms with van der Waals surface area (Å²) in [4.78, 5) is 11.5. The molecule has 0 spiro atoms. The molecule has 0 unspecified atom stereocenters. The van der Waals surface area contributed by atoms with Crippen LogP contribution in [0, 0.1) is 0 Å². The number of rotatable bonds is 9. The number of methoxy groups -OCH3 is 1. The molecule has 0 N–H and O–H groups in total. The molecule has 0 fully saturated rings. The monoisotopic (exact) mass is 352 g/mol. The normalized spacial score (nSPS) is 12.8. The molecular weight excluding hydrogens is 338 g/mol. The Balaban J connectivity index is 5.40. The molecule has 0 atom stereocenters. The van der Waals surface area contributed by atoms with E-state index in [4.69, 9.17) is 0 Å². The zero-order valence-electron chi connectivity index (χ0n) is 11.9. The highest BCUT2D eigenvalue weighted by molar-refractivity contribution is 5.88. The number of alkyl halides is 6. The van der Waals surface area contributed by atoms with E-state index >= 15 is 0 Å². The van der Waals surface area contributed by atoms with Gasteiger partial charge in [0, 0.05) is 7.11 Å². The molecule has 11 heteroatoms. The molecule has 0 saturated carbocycles. The maximum atomic E-state index is 12.9. The quantitative estimate of drug-likeness (QED) is 0.160. The second-order valence-corrected chi connectivity index (χ2v) is 3.96. The van der Waals surface area contributed by atoms with Gasteiger partial charge in [-0.3, -0.25) is 4.74 Å². The third-order valence-electron chi connectivity index (χ3n) is 2.16. The zero-order valence-corrected chi connectivity index (χ0v) is 11.9. The fraction of sp³-hybridized carbons (Fsp3) is 0.583. The van der Waals surface area contributed by atoms with Crippen LogP contribution < -0.4 is 0 Å². The number of hydrogen-bond donors (Lipinski definition) is 0. The third-order valence-corrected chi connectivity index (χ3v) is 2.16. The van der Waals surface area contributed by atoms with Gasteiger partial charge in [0.1, 0.15) is 0 Å². The SMILES string of the molecule is C=CCOCC(=C)C(=O)OC(OCOC)(C(F)(F)F)C(F)(F)F. The van der Waals surface area contributed by atoms with Gasteiger partial charge in [-0.05, 0) is 0 Å². The predicted octanol–water partition coefficient (Wildman–Crippen LogP) is 2.73. The standard InChI is InChI=1S/C12H14F6O5/c1-4-5-21-6-8(2)9(19)23-10(11(13,14)15,12(16,17)18)22-7-20-3/h4H,1-2,5-7H2,3H3. The summed E-state index contributed by atoms with van der Waals surface area (Å²) < 4.78 is 93.2. The van der Waals surface area contributed by atoms with Gasteiger partial charge >= 0.3 is 24.1 Å². The maximum Gasteiger partial charge on any atom is 0.465 e. The van der Waals surface area contributed by atoms with Crippen molar-refractivity contribution in [2.24, 2.45) is 0 Å². The first-order valence-electron chi connectivity index (χ1n) is 5.79. The second-order valence-electron chi connectivity index (χ2n) is 3.96. The van der Waals surface area contributed by atoms with Crippen LogP contribution in [0.2, 0.25) is 0 Å². The summed E-state index contributed by atoms with van der Waals surface area (Å²) in [6, 6.07) is 0. The summed E-state index contributed by atoms with van der Waals surface area (Å²) in [6.45, 7) is 4.08. The van der Waals surface area contributed by atoms with Crippen molar-refractivity contribution < 1.29 is 50.1 Å². The zero-order chi connectivity index (χ0) is 18.3. The lowest BCUT2D eigenvalue weighted by atomic mass is 10.2. The summed E-state index contributed by atoms with van der Waals surface area (Å²) in [6.07, 6.45) is -11.0. The summed E-state index contributed by atoms with van der Waals surface area (Å²) >= 11 is 0. The summed E-state index contributed by atoms with van der Waals surface area (Å²) in [7, 11) is 0.793. The molecule has 0 bridgehead atoms.